The number of aromatic nitrogens is 3. The average molecular weight is 342 g/mol. The molecule has 2 amide bonds. The molecule has 7 heteroatoms. The van der Waals surface area contributed by atoms with E-state index in [0.29, 0.717) is 19.1 Å². The van der Waals surface area contributed by atoms with E-state index in [-0.39, 0.29) is 6.03 Å². The SMILES string of the molecule is CCC(CNC(=O)NCc1cccnc1-n1cccn1)N1CCCC1. The second kappa shape index (κ2) is 8.62. The number of amides is 2. The molecular weight excluding hydrogens is 316 g/mol. The number of likely N-dealkylation sites (tertiary alicyclic amines) is 1. The minimum atomic E-state index is -0.145. The Morgan fingerprint density at radius 1 is 1.24 bits per heavy atom. The van der Waals surface area contributed by atoms with E-state index in [0.717, 1.165) is 30.9 Å². The van der Waals surface area contributed by atoms with Gasteiger partial charge in [-0.1, -0.05) is 13.0 Å². The largest absolute Gasteiger partial charge is 0.337 e. The highest BCUT2D eigenvalue weighted by molar-refractivity contribution is 5.73. The maximum Gasteiger partial charge on any atom is 0.315 e. The van der Waals surface area contributed by atoms with Crippen LogP contribution in [0, 0.1) is 0 Å². The molecule has 2 aromatic heterocycles. The first kappa shape index (κ1) is 17.4. The molecular formula is C18H26N6O. The summed E-state index contributed by atoms with van der Waals surface area (Å²) in [6.45, 7) is 5.56. The summed E-state index contributed by atoms with van der Waals surface area (Å²) in [4.78, 5) is 19.0. The predicted molar refractivity (Wildman–Crippen MR) is 96.5 cm³/mol. The maximum atomic E-state index is 12.2. The molecule has 1 atom stereocenters. The quantitative estimate of drug-likeness (QED) is 0.806. The predicted octanol–water partition coefficient (Wildman–Crippen LogP) is 1.94. The number of hydrogen-bond acceptors (Lipinski definition) is 4. The van der Waals surface area contributed by atoms with Crippen molar-refractivity contribution in [3.05, 3.63) is 42.4 Å². The van der Waals surface area contributed by atoms with E-state index >= 15 is 0 Å². The third-order valence-electron chi connectivity index (χ3n) is 4.65. The molecule has 134 valence electrons. The average Bonchev–Trinajstić information content (AvgIpc) is 3.35. The molecule has 7 nitrogen and oxygen atoms in total. The summed E-state index contributed by atoms with van der Waals surface area (Å²) in [6, 6.07) is 5.94. The highest BCUT2D eigenvalue weighted by Gasteiger charge is 2.20. The van der Waals surface area contributed by atoms with Gasteiger partial charge >= 0.3 is 6.03 Å². The first-order valence-electron chi connectivity index (χ1n) is 8.97. The van der Waals surface area contributed by atoms with Gasteiger partial charge in [-0.2, -0.15) is 5.10 Å². The van der Waals surface area contributed by atoms with Gasteiger partial charge in [0.2, 0.25) is 0 Å². The van der Waals surface area contributed by atoms with Gasteiger partial charge < -0.3 is 10.6 Å². The fraction of sp³-hybridized carbons (Fsp3) is 0.500. The molecule has 1 fully saturated rings. The van der Waals surface area contributed by atoms with Crippen LogP contribution in [-0.2, 0) is 6.54 Å². The molecule has 0 aromatic carbocycles. The highest BCUT2D eigenvalue weighted by Crippen LogP contribution is 2.13. The summed E-state index contributed by atoms with van der Waals surface area (Å²) in [6.07, 6.45) is 8.85. The van der Waals surface area contributed by atoms with Crippen LogP contribution in [0.3, 0.4) is 0 Å². The zero-order valence-corrected chi connectivity index (χ0v) is 14.7. The fourth-order valence-electron chi connectivity index (χ4n) is 3.26. The topological polar surface area (TPSA) is 75.1 Å². The van der Waals surface area contributed by atoms with Crippen molar-refractivity contribution in [1.29, 1.82) is 0 Å². The first-order chi connectivity index (χ1) is 12.3. The van der Waals surface area contributed by atoms with Crippen LogP contribution in [0.1, 0.15) is 31.7 Å². The Morgan fingerprint density at radius 3 is 2.80 bits per heavy atom. The summed E-state index contributed by atoms with van der Waals surface area (Å²) in [5.74, 6) is 0.733. The van der Waals surface area contributed by atoms with Crippen LogP contribution in [-0.4, -0.2) is 51.4 Å². The normalized spacial score (nSPS) is 15.9. The number of nitrogens with one attached hydrogen (secondary N) is 2. The van der Waals surface area contributed by atoms with E-state index in [4.69, 9.17) is 0 Å². The van der Waals surface area contributed by atoms with Gasteiger partial charge in [-0.15, -0.1) is 0 Å². The minimum Gasteiger partial charge on any atom is -0.337 e. The number of nitrogens with zero attached hydrogens (tertiary/aromatic N) is 4. The summed E-state index contributed by atoms with van der Waals surface area (Å²) in [7, 11) is 0. The standard InChI is InChI=1S/C18H26N6O/c1-2-16(23-10-3-4-11-23)14-21-18(25)20-13-15-7-5-8-19-17(15)24-12-6-9-22-24/h5-9,12,16H,2-4,10-11,13-14H2,1H3,(H2,20,21,25). The van der Waals surface area contributed by atoms with Crippen molar-refractivity contribution >= 4 is 6.03 Å². The zero-order valence-electron chi connectivity index (χ0n) is 14.7. The van der Waals surface area contributed by atoms with Crippen LogP contribution in [0.25, 0.3) is 5.82 Å². The molecule has 1 aliphatic rings. The lowest BCUT2D eigenvalue weighted by Gasteiger charge is -2.26. The summed E-state index contributed by atoms with van der Waals surface area (Å²) in [5, 5.41) is 10.1. The third-order valence-corrected chi connectivity index (χ3v) is 4.65. The van der Waals surface area contributed by atoms with Crippen molar-refractivity contribution in [1.82, 2.24) is 30.3 Å². The number of carbonyl (C=O) groups excluding carboxylic acids is 1. The zero-order chi connectivity index (χ0) is 17.5. The van der Waals surface area contributed by atoms with Crippen molar-refractivity contribution in [3.63, 3.8) is 0 Å². The van der Waals surface area contributed by atoms with Gasteiger partial charge in [-0.3, -0.25) is 4.90 Å². The Morgan fingerprint density at radius 2 is 2.08 bits per heavy atom. The molecule has 0 radical (unpaired) electrons. The van der Waals surface area contributed by atoms with E-state index in [1.54, 1.807) is 17.1 Å². The van der Waals surface area contributed by atoms with Gasteiger partial charge in [0.05, 0.1) is 0 Å². The molecule has 25 heavy (non-hydrogen) atoms. The lowest BCUT2D eigenvalue weighted by Crippen LogP contribution is -2.45. The van der Waals surface area contributed by atoms with Crippen LogP contribution in [0.5, 0.6) is 0 Å². The van der Waals surface area contributed by atoms with Crippen LogP contribution < -0.4 is 10.6 Å². The lowest BCUT2D eigenvalue weighted by atomic mass is 10.2. The first-order valence-corrected chi connectivity index (χ1v) is 8.97. The Balaban J connectivity index is 1.51. The molecule has 3 heterocycles. The second-order valence-corrected chi connectivity index (χ2v) is 6.31. The molecule has 1 unspecified atom stereocenters. The molecule has 3 rings (SSSR count). The Kier molecular flexibility index (Phi) is 6.00. The van der Waals surface area contributed by atoms with Crippen LogP contribution in [0.15, 0.2) is 36.8 Å². The molecule has 1 aliphatic heterocycles. The highest BCUT2D eigenvalue weighted by atomic mass is 16.2. The second-order valence-electron chi connectivity index (χ2n) is 6.31. The smallest absolute Gasteiger partial charge is 0.315 e. The van der Waals surface area contributed by atoms with Crippen molar-refractivity contribution in [3.8, 4) is 5.82 Å². The third kappa shape index (κ3) is 4.57. The summed E-state index contributed by atoms with van der Waals surface area (Å²) in [5.41, 5.74) is 0.924. The van der Waals surface area contributed by atoms with E-state index in [1.807, 2.05) is 24.4 Å². The Hall–Kier alpha value is -2.41. The van der Waals surface area contributed by atoms with Gasteiger partial charge in [-0.25, -0.2) is 14.5 Å². The van der Waals surface area contributed by atoms with Crippen molar-refractivity contribution in [2.24, 2.45) is 0 Å². The van der Waals surface area contributed by atoms with Crippen LogP contribution in [0.2, 0.25) is 0 Å². The Bertz CT molecular complexity index is 666. The van der Waals surface area contributed by atoms with Crippen molar-refractivity contribution in [2.45, 2.75) is 38.8 Å². The molecule has 0 spiro atoms. The molecule has 0 bridgehead atoms. The number of hydrogen-bond donors (Lipinski definition) is 2. The van der Waals surface area contributed by atoms with Gasteiger partial charge in [0.15, 0.2) is 5.82 Å². The summed E-state index contributed by atoms with van der Waals surface area (Å²) >= 11 is 0. The number of pyridine rings is 1. The van der Waals surface area contributed by atoms with Gasteiger partial charge in [0, 0.05) is 43.3 Å². The van der Waals surface area contributed by atoms with E-state index in [9.17, 15) is 4.79 Å². The minimum absolute atomic E-state index is 0.145. The van der Waals surface area contributed by atoms with Gasteiger partial charge in [-0.05, 0) is 44.5 Å². The van der Waals surface area contributed by atoms with Crippen molar-refractivity contribution in [2.75, 3.05) is 19.6 Å². The van der Waals surface area contributed by atoms with Crippen LogP contribution >= 0.6 is 0 Å². The van der Waals surface area contributed by atoms with Crippen molar-refractivity contribution < 1.29 is 4.79 Å². The van der Waals surface area contributed by atoms with Crippen LogP contribution in [0.4, 0.5) is 4.79 Å². The number of carbonyl (C=O) groups is 1. The monoisotopic (exact) mass is 342 g/mol. The molecule has 2 aromatic rings. The summed E-state index contributed by atoms with van der Waals surface area (Å²) < 4.78 is 1.70. The van der Waals surface area contributed by atoms with E-state index in [1.165, 1.54) is 12.8 Å². The number of urea groups is 1. The van der Waals surface area contributed by atoms with E-state index < -0.39 is 0 Å². The van der Waals surface area contributed by atoms with Gasteiger partial charge in [0.25, 0.3) is 0 Å². The lowest BCUT2D eigenvalue weighted by molar-refractivity contribution is 0.216. The van der Waals surface area contributed by atoms with E-state index in [2.05, 4.69) is 32.5 Å². The molecule has 1 saturated heterocycles. The maximum absolute atomic E-state index is 12.2. The molecule has 0 saturated carbocycles. The Labute approximate surface area is 148 Å². The fourth-order valence-corrected chi connectivity index (χ4v) is 3.26. The van der Waals surface area contributed by atoms with Gasteiger partial charge in [0.1, 0.15) is 0 Å². The number of rotatable bonds is 7. The molecule has 0 aliphatic carbocycles. The molecule has 2 N–H and O–H groups in total.